The van der Waals surface area contributed by atoms with Crippen LogP contribution in [0.1, 0.15) is 38.3 Å². The molecule has 0 saturated heterocycles. The first-order valence-electron chi connectivity index (χ1n) is 9.49. The third-order valence-electron chi connectivity index (χ3n) is 4.44. The molecule has 1 atom stereocenters. The fourth-order valence-electron chi connectivity index (χ4n) is 3.02. The third kappa shape index (κ3) is 6.91. The molecule has 4 nitrogen and oxygen atoms in total. The van der Waals surface area contributed by atoms with Crippen molar-refractivity contribution in [1.82, 2.24) is 10.2 Å². The van der Waals surface area contributed by atoms with E-state index >= 15 is 0 Å². The van der Waals surface area contributed by atoms with E-state index < -0.39 is 6.04 Å². The Bertz CT molecular complexity index is 854. The number of carbonyl (C=O) groups is 2. The SMILES string of the molecule is CCC(C(=O)NC(C)C)N(Cc1ccc(Cl)cc1)C(=O)Cc1ccc(Cl)cc1Cl. The summed E-state index contributed by atoms with van der Waals surface area (Å²) < 4.78 is 0. The van der Waals surface area contributed by atoms with Crippen LogP contribution < -0.4 is 5.32 Å². The first kappa shape index (κ1) is 23.5. The lowest BCUT2D eigenvalue weighted by atomic mass is 10.1. The second kappa shape index (κ2) is 10.9. The van der Waals surface area contributed by atoms with Crippen LogP contribution in [-0.4, -0.2) is 28.8 Å². The van der Waals surface area contributed by atoms with E-state index in [-0.39, 0.29) is 24.3 Å². The topological polar surface area (TPSA) is 49.4 Å². The second-order valence-electron chi connectivity index (χ2n) is 7.15. The maximum Gasteiger partial charge on any atom is 0.243 e. The predicted octanol–water partition coefficient (Wildman–Crippen LogP) is 5.52. The molecule has 1 N–H and O–H groups in total. The predicted molar refractivity (Wildman–Crippen MR) is 120 cm³/mol. The number of carbonyl (C=O) groups excluding carboxylic acids is 2. The number of halogens is 3. The highest BCUT2D eigenvalue weighted by atomic mass is 35.5. The van der Waals surface area contributed by atoms with Gasteiger partial charge in [-0.3, -0.25) is 9.59 Å². The summed E-state index contributed by atoms with van der Waals surface area (Å²) in [5, 5.41) is 4.46. The zero-order valence-corrected chi connectivity index (χ0v) is 19.0. The standard InChI is InChI=1S/C22H25Cl3N2O2/c1-4-20(22(29)26-14(2)3)27(13-15-5-8-17(23)9-6-15)21(28)11-16-7-10-18(24)12-19(16)25/h5-10,12,14,20H,4,11,13H2,1-3H3,(H,26,29). The fourth-order valence-corrected chi connectivity index (χ4v) is 3.62. The van der Waals surface area contributed by atoms with Gasteiger partial charge in [0.15, 0.2) is 0 Å². The first-order valence-corrected chi connectivity index (χ1v) is 10.6. The molecule has 156 valence electrons. The molecule has 0 aromatic heterocycles. The molecule has 0 aliphatic rings. The maximum absolute atomic E-state index is 13.2. The van der Waals surface area contributed by atoms with E-state index in [1.54, 1.807) is 35.2 Å². The molecule has 29 heavy (non-hydrogen) atoms. The number of hydrogen-bond acceptors (Lipinski definition) is 2. The fraction of sp³-hybridized carbons (Fsp3) is 0.364. The summed E-state index contributed by atoms with van der Waals surface area (Å²) in [5.74, 6) is -0.359. The molecule has 1 unspecified atom stereocenters. The van der Waals surface area contributed by atoms with Crippen molar-refractivity contribution < 1.29 is 9.59 Å². The Balaban J connectivity index is 2.31. The van der Waals surface area contributed by atoms with Gasteiger partial charge in [-0.05, 0) is 55.7 Å². The van der Waals surface area contributed by atoms with Crippen molar-refractivity contribution in [1.29, 1.82) is 0 Å². The monoisotopic (exact) mass is 454 g/mol. The summed E-state index contributed by atoms with van der Waals surface area (Å²) in [6.45, 7) is 5.97. The highest BCUT2D eigenvalue weighted by molar-refractivity contribution is 6.35. The molecule has 0 aliphatic carbocycles. The van der Waals surface area contributed by atoms with Gasteiger partial charge in [-0.15, -0.1) is 0 Å². The highest BCUT2D eigenvalue weighted by Crippen LogP contribution is 2.23. The zero-order chi connectivity index (χ0) is 21.6. The molecule has 0 aliphatic heterocycles. The quantitative estimate of drug-likeness (QED) is 0.569. The van der Waals surface area contributed by atoms with E-state index in [0.29, 0.717) is 33.6 Å². The Morgan fingerprint density at radius 2 is 1.62 bits per heavy atom. The molecule has 0 spiro atoms. The minimum absolute atomic E-state index is 0.0188. The molecule has 0 fully saturated rings. The molecular formula is C22H25Cl3N2O2. The van der Waals surface area contributed by atoms with Gasteiger partial charge in [0.2, 0.25) is 11.8 Å². The number of rotatable bonds is 8. The van der Waals surface area contributed by atoms with Crippen molar-refractivity contribution in [2.24, 2.45) is 0 Å². The molecule has 0 heterocycles. The van der Waals surface area contributed by atoms with Crippen LogP contribution in [-0.2, 0) is 22.6 Å². The Morgan fingerprint density at radius 3 is 2.17 bits per heavy atom. The van der Waals surface area contributed by atoms with Crippen LogP contribution >= 0.6 is 34.8 Å². The van der Waals surface area contributed by atoms with Crippen LogP contribution in [0, 0.1) is 0 Å². The molecule has 2 aromatic carbocycles. The van der Waals surface area contributed by atoms with Crippen molar-refractivity contribution in [3.63, 3.8) is 0 Å². The molecular weight excluding hydrogens is 431 g/mol. The van der Waals surface area contributed by atoms with Crippen LogP contribution in [0.15, 0.2) is 42.5 Å². The van der Waals surface area contributed by atoms with Crippen LogP contribution in [0.4, 0.5) is 0 Å². The molecule has 2 amide bonds. The minimum atomic E-state index is -0.591. The molecule has 0 bridgehead atoms. The average molecular weight is 456 g/mol. The van der Waals surface area contributed by atoms with E-state index in [9.17, 15) is 9.59 Å². The third-order valence-corrected chi connectivity index (χ3v) is 5.28. The van der Waals surface area contributed by atoms with Gasteiger partial charge in [-0.25, -0.2) is 0 Å². The smallest absolute Gasteiger partial charge is 0.243 e. The van der Waals surface area contributed by atoms with Gasteiger partial charge in [0.05, 0.1) is 6.42 Å². The van der Waals surface area contributed by atoms with E-state index in [1.165, 1.54) is 0 Å². The normalized spacial score (nSPS) is 12.0. The number of benzene rings is 2. The van der Waals surface area contributed by atoms with Crippen LogP contribution in [0.2, 0.25) is 15.1 Å². The lowest BCUT2D eigenvalue weighted by molar-refractivity contribution is -0.141. The summed E-state index contributed by atoms with van der Waals surface area (Å²) in [4.78, 5) is 27.6. The molecule has 0 radical (unpaired) electrons. The highest BCUT2D eigenvalue weighted by Gasteiger charge is 2.29. The van der Waals surface area contributed by atoms with Crippen molar-refractivity contribution in [3.8, 4) is 0 Å². The number of amides is 2. The Morgan fingerprint density at radius 1 is 1.00 bits per heavy atom. The van der Waals surface area contributed by atoms with E-state index in [4.69, 9.17) is 34.8 Å². The van der Waals surface area contributed by atoms with Gasteiger partial charge < -0.3 is 10.2 Å². The lowest BCUT2D eigenvalue weighted by Crippen LogP contribution is -2.50. The Hall–Kier alpha value is -1.75. The summed E-state index contributed by atoms with van der Waals surface area (Å²) in [6, 6.07) is 11.7. The van der Waals surface area contributed by atoms with Gasteiger partial charge in [0.25, 0.3) is 0 Å². The molecule has 2 aromatic rings. The largest absolute Gasteiger partial charge is 0.352 e. The van der Waals surface area contributed by atoms with Crippen molar-refractivity contribution in [2.75, 3.05) is 0 Å². The van der Waals surface area contributed by atoms with E-state index in [1.807, 2.05) is 32.9 Å². The molecule has 2 rings (SSSR count). The number of nitrogens with one attached hydrogen (secondary N) is 1. The first-order chi connectivity index (χ1) is 13.7. The Kier molecular flexibility index (Phi) is 8.81. The molecule has 7 heteroatoms. The van der Waals surface area contributed by atoms with Gasteiger partial charge >= 0.3 is 0 Å². The van der Waals surface area contributed by atoms with Gasteiger partial charge in [-0.2, -0.15) is 0 Å². The maximum atomic E-state index is 13.2. The number of hydrogen-bond donors (Lipinski definition) is 1. The van der Waals surface area contributed by atoms with Crippen LogP contribution in [0.3, 0.4) is 0 Å². The van der Waals surface area contributed by atoms with Crippen molar-refractivity contribution in [3.05, 3.63) is 68.7 Å². The van der Waals surface area contributed by atoms with Gasteiger partial charge in [0.1, 0.15) is 6.04 Å². The summed E-state index contributed by atoms with van der Waals surface area (Å²) in [5.41, 5.74) is 1.56. The van der Waals surface area contributed by atoms with E-state index in [0.717, 1.165) is 5.56 Å². The lowest BCUT2D eigenvalue weighted by Gasteiger charge is -2.31. The molecule has 0 saturated carbocycles. The van der Waals surface area contributed by atoms with Crippen molar-refractivity contribution >= 4 is 46.6 Å². The second-order valence-corrected chi connectivity index (χ2v) is 8.43. The number of nitrogens with zero attached hydrogens (tertiary/aromatic N) is 1. The summed E-state index contributed by atoms with van der Waals surface area (Å²) in [6.07, 6.45) is 0.571. The van der Waals surface area contributed by atoms with Crippen LogP contribution in [0.5, 0.6) is 0 Å². The summed E-state index contributed by atoms with van der Waals surface area (Å²) in [7, 11) is 0. The van der Waals surface area contributed by atoms with E-state index in [2.05, 4.69) is 5.32 Å². The van der Waals surface area contributed by atoms with Gasteiger partial charge in [0, 0.05) is 27.7 Å². The zero-order valence-electron chi connectivity index (χ0n) is 16.7. The van der Waals surface area contributed by atoms with Gasteiger partial charge in [-0.1, -0.05) is 59.9 Å². The average Bonchev–Trinajstić information content (AvgIpc) is 2.64. The summed E-state index contributed by atoms with van der Waals surface area (Å²) >= 11 is 18.2. The van der Waals surface area contributed by atoms with Crippen molar-refractivity contribution in [2.45, 2.75) is 52.2 Å². The minimum Gasteiger partial charge on any atom is -0.352 e. The Labute approximate surface area is 187 Å². The van der Waals surface area contributed by atoms with Crippen LogP contribution in [0.25, 0.3) is 0 Å².